The first kappa shape index (κ1) is 17.1. The van der Waals surface area contributed by atoms with Gasteiger partial charge in [-0.05, 0) is 56.6 Å². The van der Waals surface area contributed by atoms with Crippen molar-refractivity contribution in [2.75, 3.05) is 13.1 Å². The first-order valence-electron chi connectivity index (χ1n) is 9.05. The summed E-state index contributed by atoms with van der Waals surface area (Å²) in [5, 5.41) is 11.4. The second kappa shape index (κ2) is 6.75. The Hall–Kier alpha value is -1.36. The quantitative estimate of drug-likeness (QED) is 0.779. The van der Waals surface area contributed by atoms with E-state index >= 15 is 0 Å². The molecule has 3 unspecified atom stereocenters. The molecule has 25 heavy (non-hydrogen) atoms. The van der Waals surface area contributed by atoms with Gasteiger partial charge in [-0.25, -0.2) is 0 Å². The molecule has 1 saturated heterocycles. The summed E-state index contributed by atoms with van der Waals surface area (Å²) in [7, 11) is 0. The average Bonchev–Trinajstić information content (AvgIpc) is 2.66. The molecule has 4 rings (SSSR count). The zero-order valence-corrected chi connectivity index (χ0v) is 16.1. The number of hydrogen-bond acceptors (Lipinski definition) is 3. The Morgan fingerprint density at radius 2 is 1.80 bits per heavy atom. The van der Waals surface area contributed by atoms with Crippen molar-refractivity contribution in [3.63, 3.8) is 0 Å². The minimum absolute atomic E-state index is 0.199. The third kappa shape index (κ3) is 2.90. The maximum absolute atomic E-state index is 11.4. The van der Waals surface area contributed by atoms with Gasteiger partial charge in [0, 0.05) is 10.0 Å². The molecule has 2 aliphatic heterocycles. The first-order valence-corrected chi connectivity index (χ1v) is 9.84. The highest BCUT2D eigenvalue weighted by Gasteiger charge is 2.52. The predicted molar refractivity (Wildman–Crippen MR) is 103 cm³/mol. The summed E-state index contributed by atoms with van der Waals surface area (Å²) < 4.78 is 7.46. The summed E-state index contributed by atoms with van der Waals surface area (Å²) in [6.07, 6.45) is 2.82. The summed E-state index contributed by atoms with van der Waals surface area (Å²) >= 11 is 3.53. The van der Waals surface area contributed by atoms with E-state index < -0.39 is 11.6 Å². The van der Waals surface area contributed by atoms with Crippen LogP contribution < -0.4 is 4.74 Å². The van der Waals surface area contributed by atoms with Crippen molar-refractivity contribution in [2.45, 2.75) is 43.9 Å². The molecule has 3 nitrogen and oxygen atoms in total. The van der Waals surface area contributed by atoms with Gasteiger partial charge < -0.3 is 9.84 Å². The van der Waals surface area contributed by atoms with Crippen LogP contribution in [-0.2, 0) is 0 Å². The van der Waals surface area contributed by atoms with Gasteiger partial charge in [-0.2, -0.15) is 0 Å². The van der Waals surface area contributed by atoms with Crippen LogP contribution in [0.3, 0.4) is 0 Å². The van der Waals surface area contributed by atoms with Crippen LogP contribution >= 0.6 is 15.9 Å². The number of rotatable bonds is 2. The predicted octanol–water partition coefficient (Wildman–Crippen LogP) is 4.86. The van der Waals surface area contributed by atoms with Gasteiger partial charge in [0.05, 0.1) is 5.54 Å². The fraction of sp³-hybridized carbons (Fsp3) is 0.429. The maximum atomic E-state index is 11.4. The van der Waals surface area contributed by atoms with Gasteiger partial charge in [-0.15, -0.1) is 0 Å². The molecule has 0 bridgehead atoms. The van der Waals surface area contributed by atoms with Crippen molar-refractivity contribution in [1.82, 2.24) is 4.90 Å². The number of aliphatic hydroxyl groups is 1. The molecule has 0 spiro atoms. The van der Waals surface area contributed by atoms with Crippen LogP contribution in [0.25, 0.3) is 0 Å². The fourth-order valence-corrected chi connectivity index (χ4v) is 4.67. The average molecular weight is 402 g/mol. The minimum atomic E-state index is -0.600. The minimum Gasteiger partial charge on any atom is -0.483 e. The molecule has 3 atom stereocenters. The molecule has 2 aromatic rings. The van der Waals surface area contributed by atoms with Crippen molar-refractivity contribution in [3.8, 4) is 5.75 Å². The molecule has 2 aromatic carbocycles. The molecular formula is C21H24BrNO2. The van der Waals surface area contributed by atoms with Gasteiger partial charge in [0.15, 0.2) is 0 Å². The third-order valence-electron chi connectivity index (χ3n) is 5.74. The SMILES string of the molecule is CC1(N2CCCCC2)C(O)c2cc(Br)ccc2OC1c1ccccc1. The number of ether oxygens (including phenoxy) is 1. The van der Waals surface area contributed by atoms with E-state index in [0.29, 0.717) is 0 Å². The Balaban J connectivity index is 1.83. The van der Waals surface area contributed by atoms with Crippen molar-refractivity contribution in [3.05, 3.63) is 64.1 Å². The second-order valence-electron chi connectivity index (χ2n) is 7.27. The van der Waals surface area contributed by atoms with Crippen molar-refractivity contribution in [1.29, 1.82) is 0 Å². The normalized spacial score (nSPS) is 29.7. The van der Waals surface area contributed by atoms with E-state index in [9.17, 15) is 5.11 Å². The molecule has 132 valence electrons. The zero-order valence-electron chi connectivity index (χ0n) is 14.5. The number of fused-ring (bicyclic) bond motifs is 1. The van der Waals surface area contributed by atoms with Gasteiger partial charge >= 0.3 is 0 Å². The van der Waals surface area contributed by atoms with Gasteiger partial charge in [0.2, 0.25) is 0 Å². The maximum Gasteiger partial charge on any atom is 0.145 e. The lowest BCUT2D eigenvalue weighted by Crippen LogP contribution is -2.59. The fourth-order valence-electron chi connectivity index (χ4n) is 4.29. The highest BCUT2D eigenvalue weighted by Crippen LogP contribution is 2.51. The van der Waals surface area contributed by atoms with Crippen LogP contribution in [-0.4, -0.2) is 28.6 Å². The van der Waals surface area contributed by atoms with Crippen LogP contribution in [0.5, 0.6) is 5.75 Å². The lowest BCUT2D eigenvalue weighted by molar-refractivity contribution is -0.113. The first-order chi connectivity index (χ1) is 12.1. The van der Waals surface area contributed by atoms with E-state index in [-0.39, 0.29) is 6.10 Å². The zero-order chi connectivity index (χ0) is 17.4. The summed E-state index contributed by atoms with van der Waals surface area (Å²) in [5.41, 5.74) is 1.49. The van der Waals surface area contributed by atoms with Crippen LogP contribution in [0.15, 0.2) is 53.0 Å². The Morgan fingerprint density at radius 3 is 2.52 bits per heavy atom. The highest BCUT2D eigenvalue weighted by atomic mass is 79.9. The molecule has 0 radical (unpaired) electrons. The number of halogens is 1. The molecule has 4 heteroatoms. The lowest BCUT2D eigenvalue weighted by atomic mass is 9.76. The molecule has 0 amide bonds. The number of piperidine rings is 1. The molecule has 1 fully saturated rings. The molecule has 1 N–H and O–H groups in total. The van der Waals surface area contributed by atoms with Crippen molar-refractivity contribution in [2.24, 2.45) is 0 Å². The molecular weight excluding hydrogens is 378 g/mol. The van der Waals surface area contributed by atoms with E-state index in [1.807, 2.05) is 36.4 Å². The Bertz CT molecular complexity index is 745. The summed E-state index contributed by atoms with van der Waals surface area (Å²) in [5.74, 6) is 0.777. The van der Waals surface area contributed by atoms with Gasteiger partial charge in [-0.3, -0.25) is 4.90 Å². The van der Waals surface area contributed by atoms with Crippen LogP contribution in [0, 0.1) is 0 Å². The number of benzene rings is 2. The largest absolute Gasteiger partial charge is 0.483 e. The molecule has 2 aliphatic rings. The Morgan fingerprint density at radius 1 is 1.08 bits per heavy atom. The van der Waals surface area contributed by atoms with E-state index in [0.717, 1.165) is 34.4 Å². The Kier molecular flexibility index (Phi) is 4.61. The number of likely N-dealkylation sites (tertiary alicyclic amines) is 1. The van der Waals surface area contributed by atoms with Gasteiger partial charge in [0.25, 0.3) is 0 Å². The van der Waals surface area contributed by atoms with E-state index in [1.54, 1.807) is 0 Å². The van der Waals surface area contributed by atoms with Gasteiger partial charge in [0.1, 0.15) is 18.0 Å². The summed E-state index contributed by atoms with van der Waals surface area (Å²) in [4.78, 5) is 2.43. The number of aliphatic hydroxyl groups excluding tert-OH is 1. The molecule has 0 aliphatic carbocycles. The van der Waals surface area contributed by atoms with Crippen LogP contribution in [0.1, 0.15) is 49.5 Å². The molecule has 0 saturated carbocycles. The number of nitrogens with zero attached hydrogens (tertiary/aromatic N) is 1. The van der Waals surface area contributed by atoms with E-state index in [1.165, 1.54) is 19.3 Å². The number of hydrogen-bond donors (Lipinski definition) is 1. The molecule has 2 heterocycles. The van der Waals surface area contributed by atoms with E-state index in [4.69, 9.17) is 4.74 Å². The summed E-state index contributed by atoms with van der Waals surface area (Å²) in [6, 6.07) is 16.2. The monoisotopic (exact) mass is 401 g/mol. The summed E-state index contributed by atoms with van der Waals surface area (Å²) in [6.45, 7) is 4.16. The smallest absolute Gasteiger partial charge is 0.145 e. The van der Waals surface area contributed by atoms with Crippen molar-refractivity contribution >= 4 is 15.9 Å². The highest BCUT2D eigenvalue weighted by molar-refractivity contribution is 9.10. The van der Waals surface area contributed by atoms with Crippen LogP contribution in [0.2, 0.25) is 0 Å². The van der Waals surface area contributed by atoms with Crippen molar-refractivity contribution < 1.29 is 9.84 Å². The van der Waals surface area contributed by atoms with Gasteiger partial charge in [-0.1, -0.05) is 52.7 Å². The van der Waals surface area contributed by atoms with E-state index in [2.05, 4.69) is 39.9 Å². The molecule has 0 aromatic heterocycles. The lowest BCUT2D eigenvalue weighted by Gasteiger charge is -2.53. The third-order valence-corrected chi connectivity index (χ3v) is 6.23. The van der Waals surface area contributed by atoms with Crippen LogP contribution in [0.4, 0.5) is 0 Å². The standard InChI is InChI=1S/C21H24BrNO2/c1-21(23-12-6-3-7-13-23)19(24)17-14-16(22)10-11-18(17)25-20(21)15-8-4-2-5-9-15/h2,4-5,8-11,14,19-20,24H,3,6-7,12-13H2,1H3. The Labute approximate surface area is 157 Å². The second-order valence-corrected chi connectivity index (χ2v) is 8.18. The topological polar surface area (TPSA) is 32.7 Å².